The third-order valence-electron chi connectivity index (χ3n) is 1.90. The van der Waals surface area contributed by atoms with Crippen LogP contribution in [0.3, 0.4) is 0 Å². The van der Waals surface area contributed by atoms with Gasteiger partial charge in [0.25, 0.3) is 0 Å². The fraction of sp³-hybridized carbons (Fsp3) is 0.200. The summed E-state index contributed by atoms with van der Waals surface area (Å²) in [5.41, 5.74) is 2.76. The highest BCUT2D eigenvalue weighted by molar-refractivity contribution is 9.10. The van der Waals surface area contributed by atoms with Crippen LogP contribution in [0.1, 0.15) is 16.7 Å². The van der Waals surface area contributed by atoms with Crippen LogP contribution in [-0.2, 0) is 0 Å². The molecule has 0 saturated carbocycles. The minimum absolute atomic E-state index is 0.308. The molecule has 0 aromatic heterocycles. The first-order valence-electron chi connectivity index (χ1n) is 3.69. The molecule has 0 atom stereocenters. The highest BCUT2D eigenvalue weighted by Crippen LogP contribution is 2.32. The van der Waals surface area contributed by atoms with Gasteiger partial charge in [-0.15, -0.1) is 0 Å². The van der Waals surface area contributed by atoms with E-state index in [9.17, 15) is 5.11 Å². The van der Waals surface area contributed by atoms with Crippen molar-refractivity contribution in [3.05, 3.63) is 33.8 Å². The molecule has 2 heteroatoms. The van der Waals surface area contributed by atoms with E-state index in [4.69, 9.17) is 0 Å². The molecule has 0 spiro atoms. The zero-order chi connectivity index (χ0) is 9.30. The van der Waals surface area contributed by atoms with Gasteiger partial charge in [-0.1, -0.05) is 28.6 Å². The first kappa shape index (κ1) is 9.33. The molecule has 0 heterocycles. The molecule has 1 aromatic rings. The standard InChI is InChI=1S/C10H11BrO/c1-4-8-5-6(2)9(11)7(3)10(8)12/h4-5,12H,1H2,2-3H3. The summed E-state index contributed by atoms with van der Waals surface area (Å²) in [5, 5.41) is 9.60. The van der Waals surface area contributed by atoms with Gasteiger partial charge in [-0.3, -0.25) is 0 Å². The number of aromatic hydroxyl groups is 1. The molecule has 1 nitrogen and oxygen atoms in total. The first-order valence-corrected chi connectivity index (χ1v) is 4.48. The van der Waals surface area contributed by atoms with Crippen molar-refractivity contribution in [1.29, 1.82) is 0 Å². The van der Waals surface area contributed by atoms with Gasteiger partial charge < -0.3 is 5.11 Å². The molecule has 0 fully saturated rings. The number of hydrogen-bond donors (Lipinski definition) is 1. The fourth-order valence-corrected chi connectivity index (χ4v) is 1.44. The lowest BCUT2D eigenvalue weighted by molar-refractivity contribution is 0.469. The maximum Gasteiger partial charge on any atom is 0.126 e. The lowest BCUT2D eigenvalue weighted by Gasteiger charge is -2.08. The molecular weight excluding hydrogens is 216 g/mol. The Morgan fingerprint density at radius 3 is 2.58 bits per heavy atom. The molecule has 64 valence electrons. The Morgan fingerprint density at radius 1 is 1.50 bits per heavy atom. The normalized spacial score (nSPS) is 9.92. The minimum atomic E-state index is 0.308. The van der Waals surface area contributed by atoms with Crippen LogP contribution in [0.2, 0.25) is 0 Å². The summed E-state index contributed by atoms with van der Waals surface area (Å²) in [4.78, 5) is 0. The third kappa shape index (κ3) is 1.39. The predicted octanol–water partition coefficient (Wildman–Crippen LogP) is 3.41. The Bertz CT molecular complexity index is 329. The first-order chi connectivity index (χ1) is 5.57. The summed E-state index contributed by atoms with van der Waals surface area (Å²) in [6.45, 7) is 7.49. The van der Waals surface area contributed by atoms with Gasteiger partial charge >= 0.3 is 0 Å². The van der Waals surface area contributed by atoms with Crippen molar-refractivity contribution in [2.75, 3.05) is 0 Å². The Hall–Kier alpha value is -0.760. The molecule has 0 aliphatic carbocycles. The fourth-order valence-electron chi connectivity index (χ4n) is 1.14. The van der Waals surface area contributed by atoms with Crippen LogP contribution in [0.5, 0.6) is 5.75 Å². The van der Waals surface area contributed by atoms with Crippen molar-refractivity contribution >= 4 is 22.0 Å². The van der Waals surface area contributed by atoms with Crippen LogP contribution < -0.4 is 0 Å². The quantitative estimate of drug-likeness (QED) is 0.779. The molecule has 1 rings (SSSR count). The van der Waals surface area contributed by atoms with E-state index >= 15 is 0 Å². The number of rotatable bonds is 1. The van der Waals surface area contributed by atoms with E-state index in [0.717, 1.165) is 21.2 Å². The van der Waals surface area contributed by atoms with Crippen LogP contribution >= 0.6 is 15.9 Å². The Balaban J connectivity index is 3.49. The summed E-state index contributed by atoms with van der Waals surface area (Å²) >= 11 is 3.40. The SMILES string of the molecule is C=Cc1cc(C)c(Br)c(C)c1O. The van der Waals surface area contributed by atoms with E-state index in [1.165, 1.54) is 0 Å². The summed E-state index contributed by atoms with van der Waals surface area (Å²) in [7, 11) is 0. The molecular formula is C10H11BrO. The van der Waals surface area contributed by atoms with Gasteiger partial charge in [0.2, 0.25) is 0 Å². The molecule has 0 saturated heterocycles. The zero-order valence-electron chi connectivity index (χ0n) is 7.19. The van der Waals surface area contributed by atoms with Crippen LogP contribution in [0, 0.1) is 13.8 Å². The molecule has 1 N–H and O–H groups in total. The molecule has 1 aromatic carbocycles. The average Bonchev–Trinajstić information content (AvgIpc) is 2.08. The van der Waals surface area contributed by atoms with E-state index in [2.05, 4.69) is 22.5 Å². The van der Waals surface area contributed by atoms with Gasteiger partial charge in [0.15, 0.2) is 0 Å². The van der Waals surface area contributed by atoms with Crippen LogP contribution in [0.25, 0.3) is 6.08 Å². The highest BCUT2D eigenvalue weighted by Gasteiger charge is 2.07. The topological polar surface area (TPSA) is 20.2 Å². The largest absolute Gasteiger partial charge is 0.507 e. The molecule has 0 aliphatic rings. The number of phenols is 1. The molecule has 0 aliphatic heterocycles. The van der Waals surface area contributed by atoms with Crippen molar-refractivity contribution < 1.29 is 5.11 Å². The molecule has 12 heavy (non-hydrogen) atoms. The van der Waals surface area contributed by atoms with Crippen LogP contribution in [0.4, 0.5) is 0 Å². The molecule has 0 bridgehead atoms. The third-order valence-corrected chi connectivity index (χ3v) is 3.12. The number of aryl methyl sites for hydroxylation is 1. The highest BCUT2D eigenvalue weighted by atomic mass is 79.9. The predicted molar refractivity (Wildman–Crippen MR) is 55.4 cm³/mol. The summed E-state index contributed by atoms with van der Waals surface area (Å²) in [6.07, 6.45) is 1.65. The Kier molecular flexibility index (Phi) is 2.58. The van der Waals surface area contributed by atoms with Crippen LogP contribution in [-0.4, -0.2) is 5.11 Å². The summed E-state index contributed by atoms with van der Waals surface area (Å²) < 4.78 is 0.964. The van der Waals surface area contributed by atoms with Crippen molar-refractivity contribution in [3.8, 4) is 5.75 Å². The van der Waals surface area contributed by atoms with Crippen molar-refractivity contribution in [1.82, 2.24) is 0 Å². The number of phenolic OH excluding ortho intramolecular Hbond substituents is 1. The Morgan fingerprint density at radius 2 is 2.08 bits per heavy atom. The lowest BCUT2D eigenvalue weighted by atomic mass is 10.1. The second-order valence-corrected chi connectivity index (χ2v) is 3.57. The van der Waals surface area contributed by atoms with E-state index in [-0.39, 0.29) is 0 Å². The monoisotopic (exact) mass is 226 g/mol. The minimum Gasteiger partial charge on any atom is -0.507 e. The Labute approximate surface area is 80.9 Å². The van der Waals surface area contributed by atoms with Gasteiger partial charge in [-0.25, -0.2) is 0 Å². The molecule has 0 amide bonds. The second kappa shape index (κ2) is 3.31. The van der Waals surface area contributed by atoms with E-state index < -0.39 is 0 Å². The molecule has 0 unspecified atom stereocenters. The van der Waals surface area contributed by atoms with Crippen molar-refractivity contribution in [2.45, 2.75) is 13.8 Å². The van der Waals surface area contributed by atoms with Gasteiger partial charge in [0.1, 0.15) is 5.75 Å². The van der Waals surface area contributed by atoms with E-state index in [1.807, 2.05) is 19.9 Å². The maximum absolute atomic E-state index is 9.60. The van der Waals surface area contributed by atoms with Gasteiger partial charge in [0, 0.05) is 15.6 Å². The van der Waals surface area contributed by atoms with E-state index in [0.29, 0.717) is 5.75 Å². The smallest absolute Gasteiger partial charge is 0.126 e. The number of benzene rings is 1. The van der Waals surface area contributed by atoms with Gasteiger partial charge in [-0.05, 0) is 25.5 Å². The number of hydrogen-bond acceptors (Lipinski definition) is 1. The van der Waals surface area contributed by atoms with E-state index in [1.54, 1.807) is 6.08 Å². The zero-order valence-corrected chi connectivity index (χ0v) is 8.77. The molecule has 0 radical (unpaired) electrons. The van der Waals surface area contributed by atoms with Gasteiger partial charge in [0.05, 0.1) is 0 Å². The average molecular weight is 227 g/mol. The van der Waals surface area contributed by atoms with Gasteiger partial charge in [-0.2, -0.15) is 0 Å². The van der Waals surface area contributed by atoms with Crippen molar-refractivity contribution in [2.24, 2.45) is 0 Å². The number of halogens is 1. The lowest BCUT2D eigenvalue weighted by Crippen LogP contribution is -1.86. The summed E-state index contributed by atoms with van der Waals surface area (Å²) in [5.74, 6) is 0.308. The second-order valence-electron chi connectivity index (χ2n) is 2.77. The summed E-state index contributed by atoms with van der Waals surface area (Å²) in [6, 6.07) is 1.90. The van der Waals surface area contributed by atoms with Crippen LogP contribution in [0.15, 0.2) is 17.1 Å². The van der Waals surface area contributed by atoms with Crippen molar-refractivity contribution in [3.63, 3.8) is 0 Å². The maximum atomic E-state index is 9.60.